The number of fused-ring (bicyclic) bond motifs is 1. The van der Waals surface area contributed by atoms with E-state index < -0.39 is 0 Å². The second kappa shape index (κ2) is 11.1. The largest absolute Gasteiger partial charge is 0.369 e. The maximum Gasteiger partial charge on any atom is 0.255 e. The van der Waals surface area contributed by atoms with E-state index in [2.05, 4.69) is 35.3 Å². The van der Waals surface area contributed by atoms with Crippen LogP contribution >= 0.6 is 11.6 Å². The monoisotopic (exact) mass is 468 g/mol. The summed E-state index contributed by atoms with van der Waals surface area (Å²) in [4.78, 5) is 28.9. The Morgan fingerprint density at radius 1 is 1.15 bits per heavy atom. The van der Waals surface area contributed by atoms with E-state index in [0.29, 0.717) is 30.2 Å². The minimum atomic E-state index is 0.0433. The van der Waals surface area contributed by atoms with E-state index in [1.807, 2.05) is 35.3 Å². The highest BCUT2D eigenvalue weighted by atomic mass is 35.5. The molecule has 176 valence electrons. The maximum atomic E-state index is 12.9. The number of carbonyl (C=O) groups is 1. The topological polar surface area (TPSA) is 64.6 Å². The first-order valence-electron chi connectivity index (χ1n) is 11.7. The van der Waals surface area contributed by atoms with E-state index in [0.717, 1.165) is 68.0 Å². The first-order chi connectivity index (χ1) is 16.0. The van der Waals surface area contributed by atoms with Crippen molar-refractivity contribution in [1.29, 1.82) is 0 Å². The predicted molar refractivity (Wildman–Crippen MR) is 134 cm³/mol. The average Bonchev–Trinajstić information content (AvgIpc) is 2.82. The SMILES string of the molecule is CN(C)CCCNc1nc(CN2CCN(C(=O)C3=C(Cl)CCC=C3)CC2)nc2ccccc12. The van der Waals surface area contributed by atoms with Gasteiger partial charge >= 0.3 is 0 Å². The third-order valence-corrected chi connectivity index (χ3v) is 6.48. The number of allylic oxidation sites excluding steroid dienone is 2. The number of halogens is 1. The Bertz CT molecular complexity index is 1040. The van der Waals surface area contributed by atoms with Gasteiger partial charge in [-0.2, -0.15) is 0 Å². The summed E-state index contributed by atoms with van der Waals surface area (Å²) in [7, 11) is 4.17. The lowest BCUT2D eigenvalue weighted by Crippen LogP contribution is -2.48. The van der Waals surface area contributed by atoms with E-state index >= 15 is 0 Å². The lowest BCUT2D eigenvalue weighted by molar-refractivity contribution is -0.128. The van der Waals surface area contributed by atoms with Crippen LogP contribution in [0.4, 0.5) is 5.82 Å². The van der Waals surface area contributed by atoms with Gasteiger partial charge in [-0.05, 0) is 52.0 Å². The van der Waals surface area contributed by atoms with Gasteiger partial charge in [0.2, 0.25) is 0 Å². The molecule has 0 bridgehead atoms. The van der Waals surface area contributed by atoms with Gasteiger partial charge < -0.3 is 15.1 Å². The fourth-order valence-corrected chi connectivity index (χ4v) is 4.49. The van der Waals surface area contributed by atoms with Gasteiger partial charge in [-0.25, -0.2) is 9.97 Å². The molecule has 0 spiro atoms. The van der Waals surface area contributed by atoms with Gasteiger partial charge in [0.25, 0.3) is 5.91 Å². The van der Waals surface area contributed by atoms with Crippen LogP contribution in [0.5, 0.6) is 0 Å². The van der Waals surface area contributed by atoms with Gasteiger partial charge in [0, 0.05) is 43.1 Å². The molecular weight excluding hydrogens is 436 g/mol. The lowest BCUT2D eigenvalue weighted by atomic mass is 10.1. The van der Waals surface area contributed by atoms with Crippen LogP contribution in [0.25, 0.3) is 10.9 Å². The molecule has 1 aliphatic carbocycles. The molecular formula is C25H33ClN6O. The zero-order valence-electron chi connectivity index (χ0n) is 19.6. The highest BCUT2D eigenvalue weighted by molar-refractivity contribution is 6.32. The fourth-order valence-electron chi connectivity index (χ4n) is 4.24. The van der Waals surface area contributed by atoms with Crippen LogP contribution in [0.2, 0.25) is 0 Å². The zero-order valence-corrected chi connectivity index (χ0v) is 20.3. The average molecular weight is 469 g/mol. The number of para-hydroxylation sites is 1. The van der Waals surface area contributed by atoms with Gasteiger partial charge in [-0.1, -0.05) is 35.9 Å². The molecule has 0 radical (unpaired) electrons. The number of hydrogen-bond acceptors (Lipinski definition) is 6. The van der Waals surface area contributed by atoms with Crippen molar-refractivity contribution in [2.75, 3.05) is 58.7 Å². The molecule has 1 amide bonds. The smallest absolute Gasteiger partial charge is 0.255 e. The minimum Gasteiger partial charge on any atom is -0.369 e. The number of amides is 1. The predicted octanol–water partition coefficient (Wildman–Crippen LogP) is 3.48. The summed E-state index contributed by atoms with van der Waals surface area (Å²) in [6, 6.07) is 8.14. The molecule has 2 aromatic rings. The molecule has 1 N–H and O–H groups in total. The lowest BCUT2D eigenvalue weighted by Gasteiger charge is -2.35. The van der Waals surface area contributed by atoms with E-state index in [-0.39, 0.29) is 5.91 Å². The molecule has 0 saturated carbocycles. The molecule has 0 atom stereocenters. The van der Waals surface area contributed by atoms with Gasteiger partial charge in [0.15, 0.2) is 0 Å². The van der Waals surface area contributed by atoms with E-state index in [1.54, 1.807) is 0 Å². The normalized spacial score (nSPS) is 17.3. The van der Waals surface area contributed by atoms with Crippen LogP contribution in [0.1, 0.15) is 25.1 Å². The summed E-state index contributed by atoms with van der Waals surface area (Å²) in [6.07, 6.45) is 6.60. The highest BCUT2D eigenvalue weighted by Gasteiger charge is 2.25. The Hall–Kier alpha value is -2.48. The molecule has 2 heterocycles. The van der Waals surface area contributed by atoms with Crippen LogP contribution < -0.4 is 5.32 Å². The van der Waals surface area contributed by atoms with Gasteiger partial charge in [-0.3, -0.25) is 9.69 Å². The zero-order chi connectivity index (χ0) is 23.2. The van der Waals surface area contributed by atoms with Crippen molar-refractivity contribution in [3.8, 4) is 0 Å². The van der Waals surface area contributed by atoms with E-state index in [1.165, 1.54) is 0 Å². The molecule has 1 aromatic heterocycles. The molecule has 1 aliphatic heterocycles. The Kier molecular flexibility index (Phi) is 7.96. The first-order valence-corrected chi connectivity index (χ1v) is 12.1. The van der Waals surface area contributed by atoms with Crippen molar-refractivity contribution in [1.82, 2.24) is 24.7 Å². The third-order valence-electron chi connectivity index (χ3n) is 6.09. The Morgan fingerprint density at radius 3 is 2.70 bits per heavy atom. The van der Waals surface area contributed by atoms with Gasteiger partial charge in [-0.15, -0.1) is 0 Å². The molecule has 4 rings (SSSR count). The number of benzene rings is 1. The maximum absolute atomic E-state index is 12.9. The number of rotatable bonds is 8. The highest BCUT2D eigenvalue weighted by Crippen LogP contribution is 2.25. The number of aromatic nitrogens is 2. The number of hydrogen-bond donors (Lipinski definition) is 1. The number of carbonyl (C=O) groups excluding carboxylic acids is 1. The number of nitrogens with one attached hydrogen (secondary N) is 1. The molecule has 8 heteroatoms. The van der Waals surface area contributed by atoms with Crippen LogP contribution in [0.15, 0.2) is 47.0 Å². The summed E-state index contributed by atoms with van der Waals surface area (Å²) < 4.78 is 0. The van der Waals surface area contributed by atoms with Crippen molar-refractivity contribution in [2.24, 2.45) is 0 Å². The molecule has 0 unspecified atom stereocenters. The Morgan fingerprint density at radius 2 is 1.94 bits per heavy atom. The van der Waals surface area contributed by atoms with Gasteiger partial charge in [0.1, 0.15) is 11.6 Å². The molecule has 7 nitrogen and oxygen atoms in total. The van der Waals surface area contributed by atoms with Crippen LogP contribution in [-0.4, -0.2) is 83.9 Å². The van der Waals surface area contributed by atoms with E-state index in [9.17, 15) is 4.79 Å². The van der Waals surface area contributed by atoms with Crippen LogP contribution in [0.3, 0.4) is 0 Å². The van der Waals surface area contributed by atoms with Crippen LogP contribution in [-0.2, 0) is 11.3 Å². The molecule has 1 fully saturated rings. The van der Waals surface area contributed by atoms with Gasteiger partial charge in [0.05, 0.1) is 17.6 Å². The quantitative estimate of drug-likeness (QED) is 0.598. The Labute approximate surface area is 201 Å². The van der Waals surface area contributed by atoms with E-state index in [4.69, 9.17) is 21.6 Å². The first kappa shape index (κ1) is 23.7. The van der Waals surface area contributed by atoms with Crippen molar-refractivity contribution in [3.05, 3.63) is 52.8 Å². The van der Waals surface area contributed by atoms with Crippen molar-refractivity contribution < 1.29 is 4.79 Å². The summed E-state index contributed by atoms with van der Waals surface area (Å²) >= 11 is 6.30. The second-order valence-electron chi connectivity index (χ2n) is 8.92. The minimum absolute atomic E-state index is 0.0433. The summed E-state index contributed by atoms with van der Waals surface area (Å²) in [5, 5.41) is 5.24. The van der Waals surface area contributed by atoms with Crippen molar-refractivity contribution >= 4 is 34.2 Å². The second-order valence-corrected chi connectivity index (χ2v) is 9.37. The Balaban J connectivity index is 1.39. The summed E-state index contributed by atoms with van der Waals surface area (Å²) in [5.41, 5.74) is 1.61. The number of anilines is 1. The van der Waals surface area contributed by atoms with Crippen molar-refractivity contribution in [3.63, 3.8) is 0 Å². The fraction of sp³-hybridized carbons (Fsp3) is 0.480. The summed E-state index contributed by atoms with van der Waals surface area (Å²) in [6.45, 7) is 5.52. The molecule has 33 heavy (non-hydrogen) atoms. The third kappa shape index (κ3) is 6.10. The standard InChI is InChI=1S/C25H33ClN6O/c1-30(2)13-7-12-27-24-20-9-4-6-11-22(20)28-23(29-24)18-31-14-16-32(17-15-31)25(33)19-8-3-5-10-21(19)26/h3-4,6,8-9,11H,5,7,10,12-18H2,1-2H3,(H,27,28,29). The number of piperazine rings is 1. The van der Waals surface area contributed by atoms with Crippen molar-refractivity contribution in [2.45, 2.75) is 25.8 Å². The molecule has 2 aliphatic rings. The number of nitrogens with zero attached hydrogens (tertiary/aromatic N) is 5. The summed E-state index contributed by atoms with van der Waals surface area (Å²) in [5.74, 6) is 1.75. The molecule has 1 saturated heterocycles. The van der Waals surface area contributed by atoms with Crippen LogP contribution in [0, 0.1) is 0 Å². The molecule has 1 aromatic carbocycles.